The second kappa shape index (κ2) is 5.92. The number of nitrogens with one attached hydrogen (secondary N) is 1. The van der Waals surface area contributed by atoms with Crippen molar-refractivity contribution in [2.75, 3.05) is 12.8 Å². The number of hydrogen-bond acceptors (Lipinski definition) is 5. The number of methoxy groups -OCH3 is 1. The molecule has 0 unspecified atom stereocenters. The van der Waals surface area contributed by atoms with E-state index in [4.69, 9.17) is 10.5 Å². The van der Waals surface area contributed by atoms with Gasteiger partial charge >= 0.3 is 0 Å². The molecule has 6 heteroatoms. The van der Waals surface area contributed by atoms with Crippen molar-refractivity contribution in [3.63, 3.8) is 0 Å². The lowest BCUT2D eigenvalue weighted by molar-refractivity contribution is 0.0950. The van der Waals surface area contributed by atoms with Gasteiger partial charge in [0.1, 0.15) is 5.75 Å². The molecule has 0 saturated carbocycles. The number of anilines is 1. The number of ether oxygens (including phenoxy) is 1. The zero-order chi connectivity index (χ0) is 14.5. The molecule has 0 aliphatic carbocycles. The number of phenolic OH excluding ortho intramolecular Hbond substituents is 1. The first kappa shape index (κ1) is 13.7. The van der Waals surface area contributed by atoms with Gasteiger partial charge in [0, 0.05) is 24.4 Å². The normalized spacial score (nSPS) is 10.1. The number of aromatic hydroxyl groups is 1. The zero-order valence-electron chi connectivity index (χ0n) is 11.0. The Labute approximate surface area is 116 Å². The second-order valence-electron chi connectivity index (χ2n) is 4.16. The Morgan fingerprint density at radius 2 is 2.20 bits per heavy atom. The Kier molecular flexibility index (Phi) is 4.05. The Balaban J connectivity index is 2.02. The average molecular weight is 273 g/mol. The van der Waals surface area contributed by atoms with Gasteiger partial charge in [-0.25, -0.2) is 4.98 Å². The van der Waals surface area contributed by atoms with Crippen LogP contribution in [-0.4, -0.2) is 23.1 Å². The van der Waals surface area contributed by atoms with Crippen LogP contribution in [0.25, 0.3) is 0 Å². The molecule has 1 aromatic carbocycles. The predicted molar refractivity (Wildman–Crippen MR) is 74.5 cm³/mol. The number of phenols is 1. The third-order valence-corrected chi connectivity index (χ3v) is 2.75. The van der Waals surface area contributed by atoms with Crippen molar-refractivity contribution in [3.8, 4) is 11.6 Å². The van der Waals surface area contributed by atoms with E-state index < -0.39 is 0 Å². The lowest BCUT2D eigenvalue weighted by Gasteiger charge is -2.07. The van der Waals surface area contributed by atoms with Gasteiger partial charge in [0.25, 0.3) is 5.91 Å². The summed E-state index contributed by atoms with van der Waals surface area (Å²) in [4.78, 5) is 15.9. The van der Waals surface area contributed by atoms with Gasteiger partial charge in [0.15, 0.2) is 0 Å². The van der Waals surface area contributed by atoms with Crippen LogP contribution in [0.3, 0.4) is 0 Å². The van der Waals surface area contributed by atoms with Gasteiger partial charge in [-0.05, 0) is 29.8 Å². The van der Waals surface area contributed by atoms with Crippen molar-refractivity contribution in [2.45, 2.75) is 6.54 Å². The van der Waals surface area contributed by atoms with Crippen LogP contribution in [-0.2, 0) is 6.54 Å². The fraction of sp³-hybridized carbons (Fsp3) is 0.143. The van der Waals surface area contributed by atoms with Gasteiger partial charge in [-0.2, -0.15) is 0 Å². The van der Waals surface area contributed by atoms with Crippen molar-refractivity contribution in [3.05, 3.63) is 47.7 Å². The summed E-state index contributed by atoms with van der Waals surface area (Å²) >= 11 is 0. The van der Waals surface area contributed by atoms with Crippen molar-refractivity contribution in [1.29, 1.82) is 0 Å². The van der Waals surface area contributed by atoms with E-state index in [0.29, 0.717) is 18.0 Å². The maximum atomic E-state index is 11.9. The minimum Gasteiger partial charge on any atom is -0.506 e. The minimum absolute atomic E-state index is 0.108. The zero-order valence-corrected chi connectivity index (χ0v) is 11.0. The quantitative estimate of drug-likeness (QED) is 0.576. The number of hydrogen-bond donors (Lipinski definition) is 3. The number of benzene rings is 1. The molecule has 1 aromatic heterocycles. The number of pyridine rings is 1. The second-order valence-corrected chi connectivity index (χ2v) is 4.16. The van der Waals surface area contributed by atoms with Crippen LogP contribution in [0, 0.1) is 0 Å². The van der Waals surface area contributed by atoms with Crippen LogP contribution in [0.15, 0.2) is 36.5 Å². The number of rotatable bonds is 4. The average Bonchev–Trinajstić information content (AvgIpc) is 2.47. The van der Waals surface area contributed by atoms with Crippen LogP contribution in [0.4, 0.5) is 5.69 Å². The summed E-state index contributed by atoms with van der Waals surface area (Å²) in [6.07, 6.45) is 1.61. The highest BCUT2D eigenvalue weighted by atomic mass is 16.5. The lowest BCUT2D eigenvalue weighted by Crippen LogP contribution is -2.22. The highest BCUT2D eigenvalue weighted by Gasteiger charge is 2.08. The van der Waals surface area contributed by atoms with Gasteiger partial charge < -0.3 is 20.9 Å². The first-order valence-electron chi connectivity index (χ1n) is 5.96. The molecule has 0 saturated heterocycles. The lowest BCUT2D eigenvalue weighted by atomic mass is 10.1. The molecule has 0 spiro atoms. The van der Waals surface area contributed by atoms with Crippen molar-refractivity contribution in [2.24, 2.45) is 0 Å². The molecule has 0 fully saturated rings. The number of nitrogens with two attached hydrogens (primary N) is 1. The fourth-order valence-electron chi connectivity index (χ4n) is 1.64. The van der Waals surface area contributed by atoms with Crippen LogP contribution in [0.1, 0.15) is 15.9 Å². The predicted octanol–water partition coefficient (Wildman–Crippen LogP) is 1.31. The SMILES string of the molecule is COc1cc(CNC(=O)c2ccc(N)c(O)c2)ccn1. The summed E-state index contributed by atoms with van der Waals surface area (Å²) in [5.74, 6) is 0.0844. The molecule has 0 bridgehead atoms. The summed E-state index contributed by atoms with van der Waals surface area (Å²) in [6, 6.07) is 7.89. The monoisotopic (exact) mass is 273 g/mol. The van der Waals surface area contributed by atoms with E-state index in [-0.39, 0.29) is 17.3 Å². The van der Waals surface area contributed by atoms with Crippen molar-refractivity contribution >= 4 is 11.6 Å². The molecule has 6 nitrogen and oxygen atoms in total. The molecule has 1 heterocycles. The number of amides is 1. The Morgan fingerprint density at radius 1 is 1.40 bits per heavy atom. The number of nitrogens with zero attached hydrogens (tertiary/aromatic N) is 1. The van der Waals surface area contributed by atoms with Crippen LogP contribution in [0.5, 0.6) is 11.6 Å². The largest absolute Gasteiger partial charge is 0.506 e. The van der Waals surface area contributed by atoms with Gasteiger partial charge in [-0.1, -0.05) is 0 Å². The van der Waals surface area contributed by atoms with E-state index in [1.807, 2.05) is 0 Å². The number of carbonyl (C=O) groups excluding carboxylic acids is 1. The summed E-state index contributed by atoms with van der Waals surface area (Å²) in [6.45, 7) is 0.336. The molecule has 0 atom stereocenters. The van der Waals surface area contributed by atoms with E-state index in [1.54, 1.807) is 24.4 Å². The molecule has 1 amide bonds. The number of carbonyl (C=O) groups is 1. The van der Waals surface area contributed by atoms with Gasteiger partial charge in [-0.3, -0.25) is 4.79 Å². The van der Waals surface area contributed by atoms with Crippen LogP contribution < -0.4 is 15.8 Å². The van der Waals surface area contributed by atoms with Crippen LogP contribution >= 0.6 is 0 Å². The third kappa shape index (κ3) is 3.17. The van der Waals surface area contributed by atoms with Crippen molar-refractivity contribution in [1.82, 2.24) is 10.3 Å². The first-order valence-corrected chi connectivity index (χ1v) is 5.96. The molecule has 4 N–H and O–H groups in total. The smallest absolute Gasteiger partial charge is 0.251 e. The van der Waals surface area contributed by atoms with E-state index >= 15 is 0 Å². The van der Waals surface area contributed by atoms with E-state index in [9.17, 15) is 9.90 Å². The Morgan fingerprint density at radius 3 is 2.90 bits per heavy atom. The van der Waals surface area contributed by atoms with Gasteiger partial charge in [0.2, 0.25) is 5.88 Å². The molecular formula is C14H15N3O3. The maximum absolute atomic E-state index is 11.9. The molecule has 104 valence electrons. The number of nitrogen functional groups attached to an aromatic ring is 1. The molecule has 2 aromatic rings. The highest BCUT2D eigenvalue weighted by molar-refractivity contribution is 5.95. The minimum atomic E-state index is -0.295. The van der Waals surface area contributed by atoms with Gasteiger partial charge in [-0.15, -0.1) is 0 Å². The Bertz CT molecular complexity index is 629. The molecule has 0 aliphatic heterocycles. The summed E-state index contributed by atoms with van der Waals surface area (Å²) < 4.78 is 5.00. The summed E-state index contributed by atoms with van der Waals surface area (Å²) in [5.41, 5.74) is 6.93. The van der Waals surface area contributed by atoms with E-state index in [0.717, 1.165) is 5.56 Å². The highest BCUT2D eigenvalue weighted by Crippen LogP contribution is 2.20. The van der Waals surface area contributed by atoms with Gasteiger partial charge in [0.05, 0.1) is 12.8 Å². The fourth-order valence-corrected chi connectivity index (χ4v) is 1.64. The van der Waals surface area contributed by atoms with E-state index in [1.165, 1.54) is 19.2 Å². The first-order chi connectivity index (χ1) is 9.60. The van der Waals surface area contributed by atoms with E-state index in [2.05, 4.69) is 10.3 Å². The molecular weight excluding hydrogens is 258 g/mol. The van der Waals surface area contributed by atoms with Crippen LogP contribution in [0.2, 0.25) is 0 Å². The molecule has 0 radical (unpaired) electrons. The molecule has 20 heavy (non-hydrogen) atoms. The maximum Gasteiger partial charge on any atom is 0.251 e. The molecule has 0 aliphatic rings. The summed E-state index contributed by atoms with van der Waals surface area (Å²) in [7, 11) is 1.53. The number of aromatic nitrogens is 1. The third-order valence-electron chi connectivity index (χ3n) is 2.75. The standard InChI is InChI=1S/C14H15N3O3/c1-20-13-6-9(4-5-16-13)8-17-14(19)10-2-3-11(15)12(18)7-10/h2-7,18H,8,15H2,1H3,(H,17,19). The molecule has 2 rings (SSSR count). The summed E-state index contributed by atoms with van der Waals surface area (Å²) in [5, 5.41) is 12.2. The topological polar surface area (TPSA) is 97.5 Å². The van der Waals surface area contributed by atoms with Crippen molar-refractivity contribution < 1.29 is 14.6 Å². The Hall–Kier alpha value is -2.76.